The predicted octanol–water partition coefficient (Wildman–Crippen LogP) is 1.14. The molecule has 0 unspecified atom stereocenters. The molecule has 1 fully saturated rings. The van der Waals surface area contributed by atoms with Crippen molar-refractivity contribution in [3.63, 3.8) is 0 Å². The van der Waals surface area contributed by atoms with Gasteiger partial charge < -0.3 is 9.80 Å². The molecule has 0 N–H and O–H groups in total. The number of benzene rings is 1. The Morgan fingerprint density at radius 1 is 1.29 bits per heavy atom. The SMILES string of the molecule is CN1CCN(C(=O)Cc2cccc(F)c2)CC1. The normalized spacial score (nSPS) is 17.2. The van der Waals surface area contributed by atoms with Crippen LogP contribution in [0, 0.1) is 5.82 Å². The maximum absolute atomic E-state index is 13.0. The van der Waals surface area contributed by atoms with Crippen LogP contribution in [0.5, 0.6) is 0 Å². The maximum atomic E-state index is 13.0. The monoisotopic (exact) mass is 236 g/mol. The van der Waals surface area contributed by atoms with Gasteiger partial charge in [0.05, 0.1) is 6.42 Å². The number of halogens is 1. The van der Waals surface area contributed by atoms with Crippen molar-refractivity contribution in [3.8, 4) is 0 Å². The first-order valence-corrected chi connectivity index (χ1v) is 5.86. The Morgan fingerprint density at radius 3 is 2.65 bits per heavy atom. The van der Waals surface area contributed by atoms with Crippen LogP contribution in [0.3, 0.4) is 0 Å². The molecule has 0 aliphatic carbocycles. The highest BCUT2D eigenvalue weighted by molar-refractivity contribution is 5.78. The molecular weight excluding hydrogens is 219 g/mol. The number of hydrogen-bond donors (Lipinski definition) is 0. The molecule has 0 saturated carbocycles. The number of hydrogen-bond acceptors (Lipinski definition) is 2. The van der Waals surface area contributed by atoms with E-state index in [0.717, 1.165) is 31.7 Å². The molecule has 1 aliphatic heterocycles. The molecule has 3 nitrogen and oxygen atoms in total. The average molecular weight is 236 g/mol. The minimum atomic E-state index is -0.284. The van der Waals surface area contributed by atoms with Crippen LogP contribution in [0.15, 0.2) is 24.3 Å². The zero-order valence-corrected chi connectivity index (χ0v) is 10.0. The molecule has 0 atom stereocenters. The summed E-state index contributed by atoms with van der Waals surface area (Å²) in [7, 11) is 2.05. The average Bonchev–Trinajstić information content (AvgIpc) is 2.29. The molecule has 0 radical (unpaired) electrons. The minimum Gasteiger partial charge on any atom is -0.340 e. The first kappa shape index (κ1) is 12.0. The summed E-state index contributed by atoms with van der Waals surface area (Å²) in [4.78, 5) is 16.0. The Kier molecular flexibility index (Phi) is 3.74. The highest BCUT2D eigenvalue weighted by Crippen LogP contribution is 2.08. The highest BCUT2D eigenvalue weighted by atomic mass is 19.1. The molecule has 1 amide bonds. The second-order valence-electron chi connectivity index (χ2n) is 4.49. The van der Waals surface area contributed by atoms with Crippen LogP contribution >= 0.6 is 0 Å². The van der Waals surface area contributed by atoms with Crippen molar-refractivity contribution in [2.75, 3.05) is 33.2 Å². The number of piperazine rings is 1. The lowest BCUT2D eigenvalue weighted by molar-refractivity contribution is -0.132. The van der Waals surface area contributed by atoms with E-state index in [9.17, 15) is 9.18 Å². The van der Waals surface area contributed by atoms with E-state index in [2.05, 4.69) is 4.90 Å². The van der Waals surface area contributed by atoms with E-state index in [-0.39, 0.29) is 11.7 Å². The van der Waals surface area contributed by atoms with Crippen molar-refractivity contribution in [2.45, 2.75) is 6.42 Å². The lowest BCUT2D eigenvalue weighted by Crippen LogP contribution is -2.47. The minimum absolute atomic E-state index is 0.0868. The number of nitrogens with zero attached hydrogens (tertiary/aromatic N) is 2. The van der Waals surface area contributed by atoms with Crippen LogP contribution in [0.25, 0.3) is 0 Å². The van der Waals surface area contributed by atoms with Gasteiger partial charge in [0.15, 0.2) is 0 Å². The molecule has 1 heterocycles. The van der Waals surface area contributed by atoms with Crippen molar-refractivity contribution in [1.82, 2.24) is 9.80 Å². The van der Waals surface area contributed by atoms with Crippen molar-refractivity contribution in [1.29, 1.82) is 0 Å². The Morgan fingerprint density at radius 2 is 2.00 bits per heavy atom. The van der Waals surface area contributed by atoms with Crippen molar-refractivity contribution in [2.24, 2.45) is 0 Å². The standard InChI is InChI=1S/C13H17FN2O/c1-15-5-7-16(8-6-15)13(17)10-11-3-2-4-12(14)9-11/h2-4,9H,5-8,10H2,1H3. The van der Waals surface area contributed by atoms with E-state index in [1.165, 1.54) is 12.1 Å². The number of carbonyl (C=O) groups excluding carboxylic acids is 1. The summed E-state index contributed by atoms with van der Waals surface area (Å²) in [5.74, 6) is -0.197. The number of carbonyl (C=O) groups is 1. The lowest BCUT2D eigenvalue weighted by Gasteiger charge is -2.32. The highest BCUT2D eigenvalue weighted by Gasteiger charge is 2.18. The van der Waals surface area contributed by atoms with Gasteiger partial charge in [0.1, 0.15) is 5.82 Å². The largest absolute Gasteiger partial charge is 0.340 e. The van der Waals surface area contributed by atoms with Gasteiger partial charge in [-0.15, -0.1) is 0 Å². The summed E-state index contributed by atoms with van der Waals surface area (Å²) in [6.07, 6.45) is 0.293. The van der Waals surface area contributed by atoms with Crippen LogP contribution in [-0.4, -0.2) is 48.9 Å². The van der Waals surface area contributed by atoms with Gasteiger partial charge >= 0.3 is 0 Å². The van der Waals surface area contributed by atoms with Gasteiger partial charge in [-0.05, 0) is 24.7 Å². The zero-order valence-electron chi connectivity index (χ0n) is 10.0. The van der Waals surface area contributed by atoms with Crippen molar-refractivity contribution in [3.05, 3.63) is 35.6 Å². The summed E-state index contributed by atoms with van der Waals surface area (Å²) >= 11 is 0. The van der Waals surface area contributed by atoms with Crippen LogP contribution in [0.1, 0.15) is 5.56 Å². The molecule has 2 rings (SSSR count). The molecule has 1 aromatic carbocycles. The molecule has 1 aromatic rings. The van der Waals surface area contributed by atoms with E-state index in [1.807, 2.05) is 11.9 Å². The Labute approximate surface area is 101 Å². The van der Waals surface area contributed by atoms with E-state index < -0.39 is 0 Å². The quantitative estimate of drug-likeness (QED) is 0.769. The Hall–Kier alpha value is -1.42. The van der Waals surface area contributed by atoms with Crippen LogP contribution < -0.4 is 0 Å². The fourth-order valence-corrected chi connectivity index (χ4v) is 1.99. The zero-order chi connectivity index (χ0) is 12.3. The molecule has 17 heavy (non-hydrogen) atoms. The topological polar surface area (TPSA) is 23.6 Å². The molecular formula is C13H17FN2O. The molecule has 1 saturated heterocycles. The lowest BCUT2D eigenvalue weighted by atomic mass is 10.1. The van der Waals surface area contributed by atoms with Crippen molar-refractivity contribution >= 4 is 5.91 Å². The van der Waals surface area contributed by atoms with Gasteiger partial charge in [-0.2, -0.15) is 0 Å². The van der Waals surface area contributed by atoms with Crippen molar-refractivity contribution < 1.29 is 9.18 Å². The third-order valence-corrected chi connectivity index (χ3v) is 3.10. The second-order valence-corrected chi connectivity index (χ2v) is 4.49. The summed E-state index contributed by atoms with van der Waals surface area (Å²) in [6.45, 7) is 3.36. The van der Waals surface area contributed by atoms with E-state index in [0.29, 0.717) is 6.42 Å². The molecule has 92 valence electrons. The third-order valence-electron chi connectivity index (χ3n) is 3.10. The first-order valence-electron chi connectivity index (χ1n) is 5.86. The second kappa shape index (κ2) is 5.27. The van der Waals surface area contributed by atoms with E-state index in [4.69, 9.17) is 0 Å². The molecule has 0 aromatic heterocycles. The predicted molar refractivity (Wildman–Crippen MR) is 64.2 cm³/mol. The van der Waals surface area contributed by atoms with Gasteiger partial charge in [0.25, 0.3) is 0 Å². The smallest absolute Gasteiger partial charge is 0.227 e. The molecule has 0 bridgehead atoms. The van der Waals surface area contributed by atoms with Gasteiger partial charge in [0, 0.05) is 26.2 Å². The van der Waals surface area contributed by atoms with Crippen LogP contribution in [-0.2, 0) is 11.2 Å². The summed E-state index contributed by atoms with van der Waals surface area (Å²) in [6, 6.07) is 6.25. The first-order chi connectivity index (χ1) is 8.15. The summed E-state index contributed by atoms with van der Waals surface area (Å²) < 4.78 is 13.0. The van der Waals surface area contributed by atoms with Crippen LogP contribution in [0.2, 0.25) is 0 Å². The maximum Gasteiger partial charge on any atom is 0.227 e. The number of likely N-dealkylation sites (N-methyl/N-ethyl adjacent to an activating group) is 1. The fourth-order valence-electron chi connectivity index (χ4n) is 1.99. The van der Waals surface area contributed by atoms with Gasteiger partial charge in [0.2, 0.25) is 5.91 Å². The van der Waals surface area contributed by atoms with Gasteiger partial charge in [-0.3, -0.25) is 4.79 Å². The Bertz CT molecular complexity index is 400. The van der Waals surface area contributed by atoms with Gasteiger partial charge in [-0.25, -0.2) is 4.39 Å². The van der Waals surface area contributed by atoms with Gasteiger partial charge in [-0.1, -0.05) is 12.1 Å². The third kappa shape index (κ3) is 3.27. The molecule has 0 spiro atoms. The fraction of sp³-hybridized carbons (Fsp3) is 0.462. The number of amides is 1. The molecule has 4 heteroatoms. The van der Waals surface area contributed by atoms with Crippen LogP contribution in [0.4, 0.5) is 4.39 Å². The molecule has 1 aliphatic rings. The number of rotatable bonds is 2. The van der Waals surface area contributed by atoms with E-state index in [1.54, 1.807) is 12.1 Å². The Balaban J connectivity index is 1.93. The van der Waals surface area contributed by atoms with E-state index >= 15 is 0 Å². The summed E-state index contributed by atoms with van der Waals surface area (Å²) in [5, 5.41) is 0. The summed E-state index contributed by atoms with van der Waals surface area (Å²) in [5.41, 5.74) is 0.744.